The molecular formula is C15H13BrO4. The van der Waals surface area contributed by atoms with Gasteiger partial charge in [0.05, 0.1) is 20.5 Å². The van der Waals surface area contributed by atoms with E-state index in [4.69, 9.17) is 13.9 Å². The predicted octanol–water partition coefficient (Wildman–Crippen LogP) is 3.96. The zero-order valence-electron chi connectivity index (χ0n) is 11.1. The Labute approximate surface area is 125 Å². The van der Waals surface area contributed by atoms with E-state index >= 15 is 0 Å². The minimum atomic E-state index is -0.158. The van der Waals surface area contributed by atoms with Crippen LogP contribution in [-0.4, -0.2) is 20.0 Å². The molecule has 0 fully saturated rings. The molecule has 1 aromatic heterocycles. The third kappa shape index (κ3) is 3.11. The second-order valence-electron chi connectivity index (χ2n) is 3.90. The van der Waals surface area contributed by atoms with Crippen LogP contribution >= 0.6 is 15.9 Å². The summed E-state index contributed by atoms with van der Waals surface area (Å²) in [7, 11) is 3.07. The fourth-order valence-corrected chi connectivity index (χ4v) is 2.19. The normalized spacial score (nSPS) is 10.8. The number of carbonyl (C=O) groups is 1. The van der Waals surface area contributed by atoms with E-state index in [0.29, 0.717) is 27.3 Å². The number of furan rings is 1. The SMILES string of the molecule is COc1cc(Br)c(C(=O)/C=C/c2ccco2)cc1OC. The van der Waals surface area contributed by atoms with Crippen molar-refractivity contribution in [2.45, 2.75) is 0 Å². The van der Waals surface area contributed by atoms with Crippen molar-refractivity contribution in [1.29, 1.82) is 0 Å². The van der Waals surface area contributed by atoms with Gasteiger partial charge in [0.15, 0.2) is 17.3 Å². The van der Waals surface area contributed by atoms with Crippen LogP contribution in [0.4, 0.5) is 0 Å². The molecule has 0 bridgehead atoms. The minimum absolute atomic E-state index is 0.158. The minimum Gasteiger partial charge on any atom is -0.493 e. The van der Waals surface area contributed by atoms with Crippen LogP contribution < -0.4 is 9.47 Å². The van der Waals surface area contributed by atoms with E-state index in [1.807, 2.05) is 0 Å². The van der Waals surface area contributed by atoms with Crippen LogP contribution in [0.1, 0.15) is 16.1 Å². The number of methoxy groups -OCH3 is 2. The molecule has 0 spiro atoms. The predicted molar refractivity (Wildman–Crippen MR) is 79.3 cm³/mol. The third-order valence-electron chi connectivity index (χ3n) is 2.68. The summed E-state index contributed by atoms with van der Waals surface area (Å²) in [5.41, 5.74) is 0.491. The molecule has 0 aliphatic heterocycles. The summed E-state index contributed by atoms with van der Waals surface area (Å²) in [6.45, 7) is 0. The highest BCUT2D eigenvalue weighted by atomic mass is 79.9. The summed E-state index contributed by atoms with van der Waals surface area (Å²) in [6, 6.07) is 6.87. The highest BCUT2D eigenvalue weighted by Gasteiger charge is 2.13. The number of ketones is 1. The first-order valence-corrected chi connectivity index (χ1v) is 6.62. The van der Waals surface area contributed by atoms with Gasteiger partial charge in [-0.2, -0.15) is 0 Å². The average Bonchev–Trinajstić information content (AvgIpc) is 2.97. The van der Waals surface area contributed by atoms with Crippen LogP contribution in [0.3, 0.4) is 0 Å². The Morgan fingerprint density at radius 1 is 1.25 bits per heavy atom. The van der Waals surface area contributed by atoms with Crippen molar-refractivity contribution >= 4 is 27.8 Å². The van der Waals surface area contributed by atoms with Crippen LogP contribution in [0, 0.1) is 0 Å². The van der Waals surface area contributed by atoms with Gasteiger partial charge in [-0.05, 0) is 52.3 Å². The van der Waals surface area contributed by atoms with E-state index in [2.05, 4.69) is 15.9 Å². The van der Waals surface area contributed by atoms with Gasteiger partial charge in [-0.25, -0.2) is 0 Å². The van der Waals surface area contributed by atoms with Crippen molar-refractivity contribution in [2.75, 3.05) is 14.2 Å². The summed E-state index contributed by atoms with van der Waals surface area (Å²) >= 11 is 3.36. The van der Waals surface area contributed by atoms with Crippen molar-refractivity contribution < 1.29 is 18.7 Å². The molecule has 0 unspecified atom stereocenters. The van der Waals surface area contributed by atoms with Gasteiger partial charge in [0, 0.05) is 10.0 Å². The summed E-state index contributed by atoms with van der Waals surface area (Å²) in [6.07, 6.45) is 4.62. The van der Waals surface area contributed by atoms with Crippen LogP contribution in [0.5, 0.6) is 11.5 Å². The molecule has 2 rings (SSSR count). The second kappa shape index (κ2) is 6.43. The first-order valence-electron chi connectivity index (χ1n) is 5.83. The number of halogens is 1. The van der Waals surface area contributed by atoms with Crippen LogP contribution in [0.15, 0.2) is 45.5 Å². The highest BCUT2D eigenvalue weighted by molar-refractivity contribution is 9.10. The van der Waals surface area contributed by atoms with Crippen molar-refractivity contribution in [3.05, 3.63) is 52.4 Å². The standard InChI is InChI=1S/C15H13BrO4/c1-18-14-8-11(12(16)9-15(14)19-2)13(17)6-5-10-4-3-7-20-10/h3-9H,1-2H3/b6-5+. The number of hydrogen-bond acceptors (Lipinski definition) is 4. The molecule has 104 valence electrons. The molecule has 2 aromatic rings. The van der Waals surface area contributed by atoms with Crippen molar-refractivity contribution in [3.8, 4) is 11.5 Å². The van der Waals surface area contributed by atoms with Crippen LogP contribution in [0.2, 0.25) is 0 Å². The molecule has 1 aromatic carbocycles. The molecule has 20 heavy (non-hydrogen) atoms. The van der Waals surface area contributed by atoms with Crippen LogP contribution in [0.25, 0.3) is 6.08 Å². The Bertz CT molecular complexity index is 630. The van der Waals surface area contributed by atoms with E-state index in [1.165, 1.54) is 13.2 Å². The average molecular weight is 337 g/mol. The van der Waals surface area contributed by atoms with E-state index in [9.17, 15) is 4.79 Å². The molecule has 0 amide bonds. The Morgan fingerprint density at radius 2 is 1.95 bits per heavy atom. The lowest BCUT2D eigenvalue weighted by Crippen LogP contribution is -1.99. The molecule has 0 radical (unpaired) electrons. The molecule has 5 heteroatoms. The monoisotopic (exact) mass is 336 g/mol. The Morgan fingerprint density at radius 3 is 2.55 bits per heavy atom. The van der Waals surface area contributed by atoms with E-state index in [0.717, 1.165) is 0 Å². The molecule has 0 saturated carbocycles. The number of carbonyl (C=O) groups excluding carboxylic acids is 1. The second-order valence-corrected chi connectivity index (χ2v) is 4.75. The molecule has 0 aliphatic carbocycles. The topological polar surface area (TPSA) is 48.7 Å². The Kier molecular flexibility index (Phi) is 4.63. The lowest BCUT2D eigenvalue weighted by Gasteiger charge is -2.10. The van der Waals surface area contributed by atoms with Crippen molar-refractivity contribution in [1.82, 2.24) is 0 Å². The highest BCUT2D eigenvalue weighted by Crippen LogP contribution is 2.33. The van der Waals surface area contributed by atoms with Gasteiger partial charge in [0.25, 0.3) is 0 Å². The van der Waals surface area contributed by atoms with Crippen LogP contribution in [-0.2, 0) is 0 Å². The van der Waals surface area contributed by atoms with E-state index in [-0.39, 0.29) is 5.78 Å². The summed E-state index contributed by atoms with van der Waals surface area (Å²) in [4.78, 5) is 12.2. The number of hydrogen-bond donors (Lipinski definition) is 0. The van der Waals surface area contributed by atoms with Gasteiger partial charge >= 0.3 is 0 Å². The first-order chi connectivity index (χ1) is 9.65. The Hall–Kier alpha value is -2.01. The van der Waals surface area contributed by atoms with E-state index in [1.54, 1.807) is 43.7 Å². The quantitative estimate of drug-likeness (QED) is 0.612. The number of benzene rings is 1. The lowest BCUT2D eigenvalue weighted by molar-refractivity contribution is 0.104. The fraction of sp³-hybridized carbons (Fsp3) is 0.133. The smallest absolute Gasteiger partial charge is 0.187 e. The molecule has 1 heterocycles. The largest absolute Gasteiger partial charge is 0.493 e. The molecular weight excluding hydrogens is 324 g/mol. The maximum absolute atomic E-state index is 12.2. The van der Waals surface area contributed by atoms with Gasteiger partial charge in [0.1, 0.15) is 5.76 Å². The molecule has 4 nitrogen and oxygen atoms in total. The number of rotatable bonds is 5. The fourth-order valence-electron chi connectivity index (χ4n) is 1.68. The molecule has 0 N–H and O–H groups in total. The summed E-state index contributed by atoms with van der Waals surface area (Å²) in [5, 5.41) is 0. The Balaban J connectivity index is 2.30. The zero-order chi connectivity index (χ0) is 14.5. The van der Waals surface area contributed by atoms with Gasteiger partial charge < -0.3 is 13.9 Å². The number of ether oxygens (including phenoxy) is 2. The maximum Gasteiger partial charge on any atom is 0.187 e. The zero-order valence-corrected chi connectivity index (χ0v) is 12.6. The third-order valence-corrected chi connectivity index (χ3v) is 3.34. The molecule has 0 saturated heterocycles. The summed E-state index contributed by atoms with van der Waals surface area (Å²) < 4.78 is 16.1. The molecule has 0 aliphatic rings. The molecule has 0 atom stereocenters. The van der Waals surface area contributed by atoms with Crippen molar-refractivity contribution in [3.63, 3.8) is 0 Å². The lowest BCUT2D eigenvalue weighted by atomic mass is 10.1. The van der Waals surface area contributed by atoms with Gasteiger partial charge in [-0.3, -0.25) is 4.79 Å². The van der Waals surface area contributed by atoms with Crippen molar-refractivity contribution in [2.24, 2.45) is 0 Å². The maximum atomic E-state index is 12.2. The van der Waals surface area contributed by atoms with Gasteiger partial charge in [0.2, 0.25) is 0 Å². The van der Waals surface area contributed by atoms with E-state index < -0.39 is 0 Å². The van der Waals surface area contributed by atoms with Gasteiger partial charge in [-0.15, -0.1) is 0 Å². The summed E-state index contributed by atoms with van der Waals surface area (Å²) in [5.74, 6) is 1.53. The first kappa shape index (κ1) is 14.4. The number of allylic oxidation sites excluding steroid dienone is 1. The van der Waals surface area contributed by atoms with Gasteiger partial charge in [-0.1, -0.05) is 0 Å².